The van der Waals surface area contributed by atoms with Gasteiger partial charge in [-0.3, -0.25) is 4.79 Å². The Bertz CT molecular complexity index is 1310. The van der Waals surface area contributed by atoms with E-state index >= 15 is 0 Å². The van der Waals surface area contributed by atoms with Crippen molar-refractivity contribution in [3.05, 3.63) is 42.0 Å². The van der Waals surface area contributed by atoms with Crippen molar-refractivity contribution < 1.29 is 27.2 Å². The molecule has 2 heterocycles. The standard InChI is InChI=1S/C45H85NO6S2Si4/c1-14-55(15-2,16-3)49-36-39(50-56(17-4,18-5)19-6)42(51-57(20-7,21-8)22-9)43(52-58(23-10,24-11)25-12)40(45-53-34-29-35-54-45)46-38(41(48-13)44(46)47)33-32-37-30-27-26-28-31-37/h26-28,30-33,38-43,45H,14-25,29,34-36H2,1-13H3/b33-32+/t38-,39-,40-,41+,42-,43-/m1/s1. The van der Waals surface area contributed by atoms with Crippen LogP contribution in [0.2, 0.25) is 72.5 Å². The number of likely N-dealkylation sites (tertiary alicyclic amines) is 1. The Labute approximate surface area is 369 Å². The van der Waals surface area contributed by atoms with Crippen molar-refractivity contribution in [3.63, 3.8) is 0 Å². The summed E-state index contributed by atoms with van der Waals surface area (Å²) in [4.78, 5) is 17.0. The molecule has 0 N–H and O–H groups in total. The Morgan fingerprint density at radius 3 is 1.55 bits per heavy atom. The van der Waals surface area contributed by atoms with Crippen LogP contribution in [0, 0.1) is 0 Å². The number of thioether (sulfide) groups is 2. The fourth-order valence-corrected chi connectivity index (χ4v) is 23.7. The van der Waals surface area contributed by atoms with Gasteiger partial charge in [-0.15, -0.1) is 23.5 Å². The van der Waals surface area contributed by atoms with Gasteiger partial charge in [0, 0.05) is 7.11 Å². The van der Waals surface area contributed by atoms with Gasteiger partial charge in [0.15, 0.2) is 39.4 Å². The molecule has 2 aliphatic heterocycles. The van der Waals surface area contributed by atoms with Crippen molar-refractivity contribution in [3.8, 4) is 0 Å². The zero-order chi connectivity index (χ0) is 43.0. The summed E-state index contributed by atoms with van der Waals surface area (Å²) < 4.78 is 37.5. The first-order valence-corrected chi connectivity index (χ1v) is 35.6. The average Bonchev–Trinajstić information content (AvgIpc) is 3.28. The molecule has 1 aromatic carbocycles. The number of β-lactam (4-membered cyclic amide) rings is 1. The molecular formula is C45H85NO6S2Si4. The first-order chi connectivity index (χ1) is 27.9. The Morgan fingerprint density at radius 1 is 0.655 bits per heavy atom. The largest absolute Gasteiger partial charge is 0.414 e. The summed E-state index contributed by atoms with van der Waals surface area (Å²) in [7, 11) is -7.11. The van der Waals surface area contributed by atoms with Crippen LogP contribution in [0.1, 0.15) is 95.1 Å². The van der Waals surface area contributed by atoms with E-state index in [4.69, 9.17) is 22.4 Å². The van der Waals surface area contributed by atoms with Gasteiger partial charge in [0.1, 0.15) is 0 Å². The van der Waals surface area contributed by atoms with E-state index in [0.717, 1.165) is 89.6 Å². The van der Waals surface area contributed by atoms with Crippen molar-refractivity contribution >= 4 is 68.8 Å². The van der Waals surface area contributed by atoms with Crippen LogP contribution < -0.4 is 0 Å². The SMILES string of the molecule is CC[Si](CC)(CC)OC[C@@H](O[Si](CC)(CC)CC)[C@@H](O[Si](CC)(CC)CC)[C@H](O[Si](CC)(CC)CC)[C@H](C1SCCCS1)N1C(=O)[C@@H](OC)[C@H]1/C=C/c1ccccc1. The Kier molecular flexibility index (Phi) is 22.6. The molecule has 1 aromatic rings. The van der Waals surface area contributed by atoms with E-state index in [2.05, 4.69) is 124 Å². The monoisotopic (exact) mass is 911 g/mol. The molecule has 2 saturated heterocycles. The second-order valence-electron chi connectivity index (χ2n) is 16.7. The maximum Gasteiger partial charge on any atom is 0.255 e. The first kappa shape index (κ1) is 52.1. The van der Waals surface area contributed by atoms with Gasteiger partial charge >= 0.3 is 0 Å². The van der Waals surface area contributed by atoms with E-state index in [0.29, 0.717) is 6.61 Å². The Hall–Kier alpha value is -0.202. The number of hydrogen-bond donors (Lipinski definition) is 0. The van der Waals surface area contributed by atoms with E-state index in [-0.39, 0.29) is 40.9 Å². The fourth-order valence-electron chi connectivity index (χ4n) is 9.30. The predicted molar refractivity (Wildman–Crippen MR) is 263 cm³/mol. The van der Waals surface area contributed by atoms with Crippen LogP contribution >= 0.6 is 23.5 Å². The minimum absolute atomic E-state index is 0.0542. The van der Waals surface area contributed by atoms with Gasteiger partial charge in [-0.2, -0.15) is 0 Å². The lowest BCUT2D eigenvalue weighted by atomic mass is 9.90. The highest BCUT2D eigenvalue weighted by Crippen LogP contribution is 2.45. The van der Waals surface area contributed by atoms with Gasteiger partial charge in [0.05, 0.1) is 41.6 Å². The summed E-state index contributed by atoms with van der Waals surface area (Å²) in [6, 6.07) is 22.5. The number of methoxy groups -OCH3 is 1. The number of nitrogens with zero attached hydrogens (tertiary/aromatic N) is 1. The molecular weight excluding hydrogens is 827 g/mol. The lowest BCUT2D eigenvalue weighted by molar-refractivity contribution is -0.178. The topological polar surface area (TPSA) is 66.5 Å². The molecule has 0 unspecified atom stereocenters. The van der Waals surface area contributed by atoms with E-state index < -0.39 is 39.4 Å². The van der Waals surface area contributed by atoms with Crippen molar-refractivity contribution in [2.45, 2.75) is 203 Å². The highest BCUT2D eigenvalue weighted by atomic mass is 32.2. The number of benzene rings is 1. The van der Waals surface area contributed by atoms with Crippen molar-refractivity contribution in [1.82, 2.24) is 4.90 Å². The highest BCUT2D eigenvalue weighted by molar-refractivity contribution is 8.17. The zero-order valence-corrected chi connectivity index (χ0v) is 44.7. The van der Waals surface area contributed by atoms with Crippen molar-refractivity contribution in [1.29, 1.82) is 0 Å². The van der Waals surface area contributed by atoms with Crippen LogP contribution in [-0.2, 0) is 27.2 Å². The summed E-state index contributed by atoms with van der Waals surface area (Å²) in [5, 5.41) is 0. The minimum atomic E-state index is -2.31. The van der Waals surface area contributed by atoms with E-state index in [1.807, 2.05) is 29.6 Å². The molecule has 0 aliphatic carbocycles. The summed E-state index contributed by atoms with van der Waals surface area (Å²) in [5.41, 5.74) is 1.11. The van der Waals surface area contributed by atoms with Gasteiger partial charge < -0.3 is 27.3 Å². The third-order valence-electron chi connectivity index (χ3n) is 14.6. The summed E-state index contributed by atoms with van der Waals surface area (Å²) >= 11 is 4.02. The zero-order valence-electron chi connectivity index (χ0n) is 39.1. The number of amides is 1. The predicted octanol–water partition coefficient (Wildman–Crippen LogP) is 12.7. The van der Waals surface area contributed by atoms with Gasteiger partial charge in [-0.25, -0.2) is 0 Å². The second-order valence-corrected chi connectivity index (χ2v) is 38.5. The third-order valence-corrected chi connectivity index (χ3v) is 36.3. The molecule has 2 aliphatic rings. The first-order valence-electron chi connectivity index (χ1n) is 23.4. The van der Waals surface area contributed by atoms with E-state index in [1.165, 1.54) is 6.42 Å². The molecule has 0 aromatic heterocycles. The van der Waals surface area contributed by atoms with Crippen LogP contribution in [-0.4, -0.2) is 110 Å². The van der Waals surface area contributed by atoms with E-state index in [1.54, 1.807) is 7.11 Å². The van der Waals surface area contributed by atoms with Crippen LogP contribution in [0.3, 0.4) is 0 Å². The average molecular weight is 913 g/mol. The second kappa shape index (κ2) is 25.2. The lowest BCUT2D eigenvalue weighted by Gasteiger charge is -2.56. The van der Waals surface area contributed by atoms with Gasteiger partial charge in [0.25, 0.3) is 5.91 Å². The molecule has 1 amide bonds. The van der Waals surface area contributed by atoms with Gasteiger partial charge in [-0.05, 0) is 96.0 Å². The summed E-state index contributed by atoms with van der Waals surface area (Å²) in [6.07, 6.45) is 3.95. The Morgan fingerprint density at radius 2 is 1.10 bits per heavy atom. The molecule has 58 heavy (non-hydrogen) atoms. The van der Waals surface area contributed by atoms with Crippen LogP contribution in [0.15, 0.2) is 36.4 Å². The van der Waals surface area contributed by atoms with Crippen molar-refractivity contribution in [2.24, 2.45) is 0 Å². The molecule has 2 fully saturated rings. The molecule has 7 nitrogen and oxygen atoms in total. The van der Waals surface area contributed by atoms with Gasteiger partial charge in [-0.1, -0.05) is 126 Å². The molecule has 13 heteroatoms. The maximum atomic E-state index is 14.8. The van der Waals surface area contributed by atoms with Crippen molar-refractivity contribution in [2.75, 3.05) is 25.2 Å². The number of carbonyl (C=O) groups is 1. The van der Waals surface area contributed by atoms with Crippen LogP contribution in [0.25, 0.3) is 6.08 Å². The molecule has 0 saturated carbocycles. The third kappa shape index (κ3) is 12.5. The van der Waals surface area contributed by atoms with Crippen LogP contribution in [0.5, 0.6) is 0 Å². The molecule has 3 rings (SSSR count). The quantitative estimate of drug-likeness (QED) is 0.0582. The molecule has 0 spiro atoms. The molecule has 0 radical (unpaired) electrons. The molecule has 0 bridgehead atoms. The Balaban J connectivity index is 2.46. The smallest absolute Gasteiger partial charge is 0.255 e. The number of ether oxygens (including phenoxy) is 1. The van der Waals surface area contributed by atoms with Gasteiger partial charge in [0.2, 0.25) is 0 Å². The normalized spacial score (nSPS) is 21.0. The summed E-state index contributed by atoms with van der Waals surface area (Å²) in [6.45, 7) is 28.5. The molecule has 334 valence electrons. The maximum absolute atomic E-state index is 14.8. The highest BCUT2D eigenvalue weighted by Gasteiger charge is 2.58. The number of carbonyl (C=O) groups excluding carboxylic acids is 1. The minimum Gasteiger partial charge on any atom is -0.414 e. The summed E-state index contributed by atoms with van der Waals surface area (Å²) in [5.74, 6) is 2.19. The number of hydrogen-bond acceptors (Lipinski definition) is 8. The number of rotatable bonds is 29. The lowest BCUT2D eigenvalue weighted by Crippen LogP contribution is -2.74. The fraction of sp³-hybridized carbons (Fsp3) is 0.800. The van der Waals surface area contributed by atoms with E-state index in [9.17, 15) is 4.79 Å². The van der Waals surface area contributed by atoms with Crippen LogP contribution in [0.4, 0.5) is 0 Å². The molecule has 6 atom stereocenters.